The molecule has 0 saturated carbocycles. The highest BCUT2D eigenvalue weighted by Crippen LogP contribution is 2.51. The molecule has 0 radical (unpaired) electrons. The first kappa shape index (κ1) is 11.1. The van der Waals surface area contributed by atoms with E-state index in [2.05, 4.69) is 4.74 Å². The van der Waals surface area contributed by atoms with Gasteiger partial charge in [0.15, 0.2) is 11.5 Å². The molecule has 0 bridgehead atoms. The van der Waals surface area contributed by atoms with Gasteiger partial charge < -0.3 is 19.3 Å². The third-order valence-corrected chi connectivity index (χ3v) is 2.77. The summed E-state index contributed by atoms with van der Waals surface area (Å²) in [6.07, 6.45) is -5.18. The fourth-order valence-electron chi connectivity index (χ4n) is 1.84. The number of rotatable bonds is 0. The minimum atomic E-state index is -5.18. The molecule has 2 heterocycles. The molecule has 1 N–H and O–H groups in total. The van der Waals surface area contributed by atoms with Crippen molar-refractivity contribution in [1.29, 1.82) is 0 Å². The van der Waals surface area contributed by atoms with Gasteiger partial charge in [-0.15, -0.1) is 0 Å². The predicted molar refractivity (Wildman–Crippen MR) is 48.2 cm³/mol. The van der Waals surface area contributed by atoms with E-state index in [0.717, 1.165) is 12.1 Å². The van der Waals surface area contributed by atoms with E-state index in [-0.39, 0.29) is 24.0 Å². The monoisotopic (exact) mass is 262 g/mol. The topological polar surface area (TPSA) is 65.0 Å². The normalized spacial score (nSPS) is 25.0. The zero-order valence-electron chi connectivity index (χ0n) is 8.58. The van der Waals surface area contributed by atoms with Crippen molar-refractivity contribution in [2.75, 3.05) is 6.79 Å². The van der Waals surface area contributed by atoms with Gasteiger partial charge in [-0.1, -0.05) is 0 Å². The maximum Gasteiger partial charge on any atom is 0.432 e. The van der Waals surface area contributed by atoms with Gasteiger partial charge in [0.05, 0.1) is 5.56 Å². The summed E-state index contributed by atoms with van der Waals surface area (Å²) in [5.41, 5.74) is -4.35. The van der Waals surface area contributed by atoms with Crippen LogP contribution in [0.1, 0.15) is 5.56 Å². The lowest BCUT2D eigenvalue weighted by Crippen LogP contribution is -2.47. The van der Waals surface area contributed by atoms with Crippen molar-refractivity contribution < 1.29 is 37.3 Å². The van der Waals surface area contributed by atoms with Crippen LogP contribution in [0.5, 0.6) is 17.2 Å². The molecule has 96 valence electrons. The first-order valence-electron chi connectivity index (χ1n) is 4.79. The molecule has 0 spiro atoms. The van der Waals surface area contributed by atoms with Crippen molar-refractivity contribution in [2.24, 2.45) is 0 Å². The number of halogens is 3. The van der Waals surface area contributed by atoms with E-state index in [9.17, 15) is 23.1 Å². The average molecular weight is 262 g/mol. The van der Waals surface area contributed by atoms with Crippen LogP contribution in [-0.2, 0) is 10.4 Å². The van der Waals surface area contributed by atoms with Crippen molar-refractivity contribution in [1.82, 2.24) is 0 Å². The molecule has 0 aliphatic carbocycles. The van der Waals surface area contributed by atoms with Crippen molar-refractivity contribution >= 4 is 5.97 Å². The summed E-state index contributed by atoms with van der Waals surface area (Å²) in [6.45, 7) is -0.142. The zero-order chi connectivity index (χ0) is 13.1. The highest BCUT2D eigenvalue weighted by atomic mass is 19.4. The minimum absolute atomic E-state index is 0.0229. The van der Waals surface area contributed by atoms with E-state index in [0.29, 0.717) is 0 Å². The van der Waals surface area contributed by atoms with Crippen LogP contribution in [0.3, 0.4) is 0 Å². The Morgan fingerprint density at radius 3 is 2.39 bits per heavy atom. The number of ether oxygens (including phenoxy) is 3. The van der Waals surface area contributed by atoms with E-state index < -0.39 is 23.3 Å². The number of carbonyl (C=O) groups is 1. The molecule has 1 unspecified atom stereocenters. The highest BCUT2D eigenvalue weighted by Gasteiger charge is 2.66. The summed E-state index contributed by atoms with van der Waals surface area (Å²) in [5.74, 6) is -1.99. The fraction of sp³-hybridized carbons (Fsp3) is 0.300. The molecule has 8 heteroatoms. The Hall–Kier alpha value is -1.96. The van der Waals surface area contributed by atoms with Crippen LogP contribution < -0.4 is 14.2 Å². The highest BCUT2D eigenvalue weighted by molar-refractivity contribution is 5.90. The van der Waals surface area contributed by atoms with Crippen molar-refractivity contribution in [3.8, 4) is 17.2 Å². The second-order valence-electron chi connectivity index (χ2n) is 3.80. The molecule has 2 aliphatic heterocycles. The molecule has 1 aromatic carbocycles. The number of fused-ring (bicyclic) bond motifs is 2. The number of hydrogen-bond acceptors (Lipinski definition) is 5. The van der Waals surface area contributed by atoms with E-state index in [1.54, 1.807) is 0 Å². The second kappa shape index (κ2) is 3.08. The summed E-state index contributed by atoms with van der Waals surface area (Å²) in [4.78, 5) is 11.3. The van der Waals surface area contributed by atoms with Gasteiger partial charge in [0, 0.05) is 6.07 Å². The van der Waals surface area contributed by atoms with Gasteiger partial charge >= 0.3 is 12.1 Å². The van der Waals surface area contributed by atoms with Crippen LogP contribution in [0.25, 0.3) is 0 Å². The number of esters is 1. The van der Waals surface area contributed by atoms with Gasteiger partial charge in [-0.2, -0.15) is 13.2 Å². The molecule has 3 rings (SSSR count). The lowest BCUT2D eigenvalue weighted by molar-refractivity contribution is -0.258. The SMILES string of the molecule is O=C1Oc2cc3c(cc2C1(O)C(F)(F)F)OCO3. The maximum atomic E-state index is 12.8. The van der Waals surface area contributed by atoms with E-state index in [1.807, 2.05) is 0 Å². The lowest BCUT2D eigenvalue weighted by atomic mass is 9.94. The lowest BCUT2D eigenvalue weighted by Gasteiger charge is -2.22. The van der Waals surface area contributed by atoms with Crippen molar-refractivity contribution in [3.63, 3.8) is 0 Å². The maximum absolute atomic E-state index is 12.8. The molecule has 0 fully saturated rings. The number of alkyl halides is 3. The van der Waals surface area contributed by atoms with Gasteiger partial charge in [-0.3, -0.25) is 0 Å². The molecule has 18 heavy (non-hydrogen) atoms. The predicted octanol–water partition coefficient (Wildman–Crippen LogP) is 1.08. The van der Waals surface area contributed by atoms with Crippen LogP contribution in [0.2, 0.25) is 0 Å². The van der Waals surface area contributed by atoms with Crippen LogP contribution >= 0.6 is 0 Å². The fourth-order valence-corrected chi connectivity index (χ4v) is 1.84. The molecule has 2 aliphatic rings. The average Bonchev–Trinajstić information content (AvgIpc) is 2.80. The van der Waals surface area contributed by atoms with Gasteiger partial charge in [0.25, 0.3) is 5.60 Å². The summed E-state index contributed by atoms with van der Waals surface area (Å²) in [5, 5.41) is 9.58. The third-order valence-electron chi connectivity index (χ3n) is 2.77. The first-order valence-corrected chi connectivity index (χ1v) is 4.79. The van der Waals surface area contributed by atoms with Crippen molar-refractivity contribution in [2.45, 2.75) is 11.8 Å². The second-order valence-corrected chi connectivity index (χ2v) is 3.80. The zero-order valence-corrected chi connectivity index (χ0v) is 8.58. The Labute approximate surface area is 97.7 Å². The number of hydrogen-bond donors (Lipinski definition) is 1. The molecule has 5 nitrogen and oxygen atoms in total. The van der Waals surface area contributed by atoms with E-state index in [4.69, 9.17) is 9.47 Å². The Morgan fingerprint density at radius 2 is 1.78 bits per heavy atom. The Balaban J connectivity index is 2.21. The van der Waals surface area contributed by atoms with Gasteiger partial charge in [-0.05, 0) is 6.07 Å². The summed E-state index contributed by atoms with van der Waals surface area (Å²) < 4.78 is 52.7. The molecule has 1 atom stereocenters. The number of aliphatic hydroxyl groups is 1. The number of benzene rings is 1. The van der Waals surface area contributed by atoms with Gasteiger partial charge in [0.2, 0.25) is 6.79 Å². The van der Waals surface area contributed by atoms with Crippen molar-refractivity contribution in [3.05, 3.63) is 17.7 Å². The van der Waals surface area contributed by atoms with Crippen LogP contribution in [-0.4, -0.2) is 24.0 Å². The summed E-state index contributed by atoms with van der Waals surface area (Å²) in [6, 6.07) is 1.98. The van der Waals surface area contributed by atoms with E-state index in [1.165, 1.54) is 0 Å². The molecule has 0 aromatic heterocycles. The Morgan fingerprint density at radius 1 is 1.17 bits per heavy atom. The first-order chi connectivity index (χ1) is 8.34. The minimum Gasteiger partial charge on any atom is -0.454 e. The quantitative estimate of drug-likeness (QED) is 0.560. The third kappa shape index (κ3) is 1.18. The van der Waals surface area contributed by atoms with Crippen LogP contribution in [0.15, 0.2) is 12.1 Å². The number of carbonyl (C=O) groups excluding carboxylic acids is 1. The van der Waals surface area contributed by atoms with Crippen LogP contribution in [0.4, 0.5) is 13.2 Å². The van der Waals surface area contributed by atoms with E-state index >= 15 is 0 Å². The summed E-state index contributed by atoms with van der Waals surface area (Å²) in [7, 11) is 0. The summed E-state index contributed by atoms with van der Waals surface area (Å²) >= 11 is 0. The molecular weight excluding hydrogens is 257 g/mol. The largest absolute Gasteiger partial charge is 0.454 e. The smallest absolute Gasteiger partial charge is 0.432 e. The van der Waals surface area contributed by atoms with Gasteiger partial charge in [0.1, 0.15) is 5.75 Å². The Bertz CT molecular complexity index is 553. The van der Waals surface area contributed by atoms with Crippen LogP contribution in [0, 0.1) is 0 Å². The molecular formula is C10H5F3O5. The Kier molecular flexibility index (Phi) is 1.91. The molecule has 0 saturated heterocycles. The standard InChI is InChI=1S/C10H5F3O5/c11-10(12,13)9(15)4-1-6-7(17-3-16-6)2-5(4)18-8(9)14/h1-2,15H,3H2. The molecule has 1 aromatic rings. The molecule has 0 amide bonds. The van der Waals surface area contributed by atoms with Gasteiger partial charge in [-0.25, -0.2) is 4.79 Å².